The molecule has 0 amide bonds. The van der Waals surface area contributed by atoms with E-state index in [9.17, 15) is 13.2 Å². The average Bonchev–Trinajstić information content (AvgIpc) is 2.53. The summed E-state index contributed by atoms with van der Waals surface area (Å²) in [6.45, 7) is 4.09. The van der Waals surface area contributed by atoms with Gasteiger partial charge in [-0.25, -0.2) is 4.99 Å². The lowest BCUT2D eigenvalue weighted by Gasteiger charge is -2.19. The summed E-state index contributed by atoms with van der Waals surface area (Å²) in [6.07, 6.45) is 0.929. The molecule has 2 aliphatic heterocycles. The van der Waals surface area contributed by atoms with Crippen molar-refractivity contribution >= 4 is 5.90 Å². The molecule has 0 aromatic rings. The van der Waals surface area contributed by atoms with Crippen LogP contribution in [0.4, 0.5) is 13.2 Å². The summed E-state index contributed by atoms with van der Waals surface area (Å²) in [5, 5.41) is 0. The van der Waals surface area contributed by atoms with Crippen molar-refractivity contribution in [2.45, 2.75) is 51.6 Å². The molecule has 0 aromatic heterocycles. The Labute approximate surface area is 123 Å². The van der Waals surface area contributed by atoms with Crippen LogP contribution in [0.5, 0.6) is 0 Å². The van der Waals surface area contributed by atoms with Gasteiger partial charge in [0, 0.05) is 12.1 Å². The van der Waals surface area contributed by atoms with Gasteiger partial charge in [-0.1, -0.05) is 6.92 Å². The highest BCUT2D eigenvalue weighted by Gasteiger charge is 2.29. The van der Waals surface area contributed by atoms with E-state index in [0.717, 1.165) is 57.4 Å². The molecule has 0 unspecified atom stereocenters. The van der Waals surface area contributed by atoms with Gasteiger partial charge in [0.15, 0.2) is 12.5 Å². The minimum atomic E-state index is -4.29. The lowest BCUT2D eigenvalue weighted by molar-refractivity contribution is -0.156. The fourth-order valence-corrected chi connectivity index (χ4v) is 2.87. The second kappa shape index (κ2) is 7.29. The molecule has 6 heteroatoms. The number of hydrogen-bond donors (Lipinski definition) is 0. The van der Waals surface area contributed by atoms with Crippen molar-refractivity contribution < 1.29 is 17.9 Å². The van der Waals surface area contributed by atoms with Crippen LogP contribution in [-0.2, 0) is 4.74 Å². The first-order valence-corrected chi connectivity index (χ1v) is 7.68. The molecule has 2 aliphatic rings. The van der Waals surface area contributed by atoms with E-state index in [1.54, 1.807) is 0 Å². The molecule has 2 rings (SSSR count). The molecule has 0 N–H and O–H groups in total. The van der Waals surface area contributed by atoms with Crippen LogP contribution in [0.3, 0.4) is 0 Å². The monoisotopic (exact) mass is 304 g/mol. The normalized spacial score (nSPS) is 22.0. The molecule has 0 saturated heterocycles. The van der Waals surface area contributed by atoms with E-state index in [2.05, 4.69) is 16.8 Å². The average molecular weight is 304 g/mol. The zero-order chi connectivity index (χ0) is 15.3. The summed E-state index contributed by atoms with van der Waals surface area (Å²) in [5.41, 5.74) is 2.28. The highest BCUT2D eigenvalue weighted by atomic mass is 19.4. The third-order valence-corrected chi connectivity index (χ3v) is 4.00. The number of halogens is 3. The molecule has 0 bridgehead atoms. The Bertz CT molecular complexity index is 416. The Balaban J connectivity index is 1.98. The summed E-state index contributed by atoms with van der Waals surface area (Å²) < 4.78 is 41.4. The second-order valence-electron chi connectivity index (χ2n) is 5.60. The number of aliphatic imine (C=N–C) groups is 1. The van der Waals surface area contributed by atoms with Crippen molar-refractivity contribution in [2.24, 2.45) is 4.99 Å². The van der Waals surface area contributed by atoms with Crippen molar-refractivity contribution in [3.8, 4) is 0 Å². The lowest BCUT2D eigenvalue weighted by Crippen LogP contribution is -2.25. The maximum absolute atomic E-state index is 12.2. The fraction of sp³-hybridized carbons (Fsp3) is 0.800. The zero-order valence-electron chi connectivity index (χ0n) is 12.5. The van der Waals surface area contributed by atoms with E-state index < -0.39 is 12.8 Å². The Kier molecular flexibility index (Phi) is 5.67. The minimum Gasteiger partial charge on any atom is -0.471 e. The third-order valence-electron chi connectivity index (χ3n) is 4.00. The summed E-state index contributed by atoms with van der Waals surface area (Å²) >= 11 is 0. The topological polar surface area (TPSA) is 24.8 Å². The van der Waals surface area contributed by atoms with Crippen LogP contribution < -0.4 is 0 Å². The van der Waals surface area contributed by atoms with Crippen LogP contribution >= 0.6 is 0 Å². The van der Waals surface area contributed by atoms with Crippen LogP contribution in [0.1, 0.15) is 45.4 Å². The maximum atomic E-state index is 12.2. The van der Waals surface area contributed by atoms with Crippen molar-refractivity contribution in [1.82, 2.24) is 4.90 Å². The van der Waals surface area contributed by atoms with Gasteiger partial charge in [0.2, 0.25) is 0 Å². The van der Waals surface area contributed by atoms with Gasteiger partial charge in [-0.15, -0.1) is 0 Å². The molecular weight excluding hydrogens is 281 g/mol. The van der Waals surface area contributed by atoms with E-state index in [1.165, 1.54) is 5.57 Å². The van der Waals surface area contributed by atoms with Crippen LogP contribution in [0.2, 0.25) is 0 Å². The van der Waals surface area contributed by atoms with Gasteiger partial charge in [-0.05, 0) is 57.3 Å². The molecule has 120 valence electrons. The van der Waals surface area contributed by atoms with E-state index in [0.29, 0.717) is 6.42 Å². The quantitative estimate of drug-likeness (QED) is 0.772. The molecule has 0 aromatic carbocycles. The van der Waals surface area contributed by atoms with Gasteiger partial charge >= 0.3 is 6.18 Å². The van der Waals surface area contributed by atoms with E-state index in [-0.39, 0.29) is 5.90 Å². The molecule has 21 heavy (non-hydrogen) atoms. The number of hydrogen-bond acceptors (Lipinski definition) is 3. The standard InChI is InChI=1S/C15H23F3N2O/c1-2-20-9-3-5-12-7-8-14(21-11-15(16,17)18)19-13(12)6-4-10-20/h2-11H2,1H3. The van der Waals surface area contributed by atoms with Crippen molar-refractivity contribution in [2.75, 3.05) is 26.2 Å². The molecule has 0 aliphatic carbocycles. The Morgan fingerprint density at radius 2 is 1.81 bits per heavy atom. The first kappa shape index (κ1) is 16.3. The van der Waals surface area contributed by atoms with E-state index in [1.807, 2.05) is 0 Å². The molecule has 0 spiro atoms. The third kappa shape index (κ3) is 5.34. The van der Waals surface area contributed by atoms with Gasteiger partial charge in [-0.3, -0.25) is 0 Å². The van der Waals surface area contributed by atoms with Gasteiger partial charge in [0.05, 0.1) is 0 Å². The molecule has 0 atom stereocenters. The van der Waals surface area contributed by atoms with Crippen molar-refractivity contribution in [3.63, 3.8) is 0 Å². The van der Waals surface area contributed by atoms with E-state index in [4.69, 9.17) is 4.74 Å². The summed E-state index contributed by atoms with van der Waals surface area (Å²) in [5.74, 6) is 0.248. The van der Waals surface area contributed by atoms with Gasteiger partial charge < -0.3 is 9.64 Å². The summed E-state index contributed by atoms with van der Waals surface area (Å²) in [6, 6.07) is 0. The summed E-state index contributed by atoms with van der Waals surface area (Å²) in [7, 11) is 0. The van der Waals surface area contributed by atoms with E-state index >= 15 is 0 Å². The van der Waals surface area contributed by atoms with Crippen LogP contribution in [-0.4, -0.2) is 43.2 Å². The molecule has 3 nitrogen and oxygen atoms in total. The van der Waals surface area contributed by atoms with Crippen LogP contribution in [0.25, 0.3) is 0 Å². The predicted octanol–water partition coefficient (Wildman–Crippen LogP) is 3.91. The smallest absolute Gasteiger partial charge is 0.422 e. The molecule has 2 heterocycles. The number of alkyl halides is 3. The van der Waals surface area contributed by atoms with Crippen molar-refractivity contribution in [1.29, 1.82) is 0 Å². The lowest BCUT2D eigenvalue weighted by atomic mass is 9.98. The Morgan fingerprint density at radius 3 is 2.48 bits per heavy atom. The SMILES string of the molecule is CCN1CCCC2=C(CCC1)N=C(OCC(F)(F)F)CC2. The van der Waals surface area contributed by atoms with Gasteiger partial charge in [0.25, 0.3) is 0 Å². The highest BCUT2D eigenvalue weighted by molar-refractivity contribution is 5.78. The molecule has 0 saturated carbocycles. The fourth-order valence-electron chi connectivity index (χ4n) is 2.87. The van der Waals surface area contributed by atoms with Gasteiger partial charge in [-0.2, -0.15) is 13.2 Å². The molecular formula is C15H23F3N2O. The number of rotatable bonds is 2. The zero-order valence-corrected chi connectivity index (χ0v) is 12.5. The second-order valence-corrected chi connectivity index (χ2v) is 5.60. The highest BCUT2D eigenvalue weighted by Crippen LogP contribution is 2.29. The largest absolute Gasteiger partial charge is 0.471 e. The van der Waals surface area contributed by atoms with Crippen molar-refractivity contribution in [3.05, 3.63) is 11.3 Å². The molecule has 0 fully saturated rings. The maximum Gasteiger partial charge on any atom is 0.422 e. The summed E-state index contributed by atoms with van der Waals surface area (Å²) in [4.78, 5) is 6.78. The Hall–Kier alpha value is -1.04. The minimum absolute atomic E-state index is 0.248. The van der Waals surface area contributed by atoms with Crippen LogP contribution in [0.15, 0.2) is 16.3 Å². The molecule has 0 radical (unpaired) electrons. The first-order chi connectivity index (χ1) is 9.98. The number of allylic oxidation sites excluding steroid dienone is 2. The number of nitrogens with zero attached hydrogens (tertiary/aromatic N) is 2. The Morgan fingerprint density at radius 1 is 1.10 bits per heavy atom. The van der Waals surface area contributed by atoms with Crippen LogP contribution in [0, 0.1) is 0 Å². The predicted molar refractivity (Wildman–Crippen MR) is 76.3 cm³/mol. The van der Waals surface area contributed by atoms with Gasteiger partial charge in [0.1, 0.15) is 0 Å². The number of ether oxygens (including phenoxy) is 1. The first-order valence-electron chi connectivity index (χ1n) is 7.68.